The molecule has 750 valence electrons. The highest BCUT2D eigenvalue weighted by Gasteiger charge is 2.40. The van der Waals surface area contributed by atoms with E-state index in [9.17, 15) is 146 Å². The van der Waals surface area contributed by atoms with Crippen LogP contribution < -0.4 is 125 Å². The number of aliphatic carboxylic acids is 7. The van der Waals surface area contributed by atoms with Gasteiger partial charge >= 0.3 is 41.8 Å². The molecule has 0 aliphatic carbocycles. The Balaban J connectivity index is 7.59. The van der Waals surface area contributed by atoms with Crippen LogP contribution in [0.2, 0.25) is 0 Å². The highest BCUT2D eigenvalue weighted by molar-refractivity contribution is 6.02. The quantitative estimate of drug-likeness (QED) is 0.0153. The van der Waals surface area contributed by atoms with Crippen LogP contribution in [0.4, 0.5) is 0 Å². The molecule has 0 heterocycles. The largest absolute Gasteiger partial charge is 0.481 e. The normalized spacial score (nSPS) is 14.4. The van der Waals surface area contributed by atoms with Gasteiger partial charge in [0.15, 0.2) is 11.9 Å². The zero-order valence-electron chi connectivity index (χ0n) is 74.2. The van der Waals surface area contributed by atoms with Crippen molar-refractivity contribution in [2.24, 2.45) is 52.0 Å². The molecule has 0 aliphatic rings. The predicted octanol–water partition coefficient (Wildman–Crippen LogP) is -11.0. The van der Waals surface area contributed by atoms with Crippen molar-refractivity contribution < 1.29 is 151 Å². The Labute approximate surface area is 762 Å². The van der Waals surface area contributed by atoms with E-state index >= 15 is 0 Å². The van der Waals surface area contributed by atoms with Crippen molar-refractivity contribution in [3.8, 4) is 0 Å². The molecular formula is C77H131N25O31. The highest BCUT2D eigenvalue weighted by atomic mass is 16.4. The van der Waals surface area contributed by atoms with E-state index in [1.54, 1.807) is 27.7 Å². The maximum absolute atomic E-state index is 14.7. The maximum atomic E-state index is 14.7. The number of amides is 16. The van der Waals surface area contributed by atoms with Crippen LogP contribution in [-0.2, 0) is 110 Å². The lowest BCUT2D eigenvalue weighted by molar-refractivity contribution is -0.144. The molecule has 56 heteroatoms. The fraction of sp³-hybridized carbons (Fsp3) is 0.675. The number of rotatable bonds is 72. The number of aliphatic hydroxyl groups is 1. The van der Waals surface area contributed by atoms with Crippen LogP contribution in [-0.4, -0.2) is 312 Å². The molecule has 133 heavy (non-hydrogen) atoms. The number of carboxylic acids is 7. The van der Waals surface area contributed by atoms with Gasteiger partial charge in [-0.25, -0.2) is 4.79 Å². The summed E-state index contributed by atoms with van der Waals surface area (Å²) in [6.07, 6.45) is -12.8. The Morgan fingerprint density at radius 3 is 0.699 bits per heavy atom. The number of nitrogens with one attached hydrogen (secondary N) is 18. The van der Waals surface area contributed by atoms with Gasteiger partial charge in [-0.3, -0.25) is 116 Å². The van der Waals surface area contributed by atoms with Gasteiger partial charge < -0.3 is 166 Å². The average Bonchev–Trinajstić information content (AvgIpc) is 0.854. The summed E-state index contributed by atoms with van der Waals surface area (Å²) in [7, 11) is 0. The molecule has 0 aliphatic heterocycles. The topological polar surface area (TPSA) is 977 Å². The summed E-state index contributed by atoms with van der Waals surface area (Å²) < 4.78 is 0. The summed E-state index contributed by atoms with van der Waals surface area (Å²) in [6.45, 7) is 4.97. The fourth-order valence-electron chi connectivity index (χ4n) is 12.5. The Kier molecular flexibility index (Phi) is 57.4. The summed E-state index contributed by atoms with van der Waals surface area (Å²) in [6, 6.07) is -27.5. The highest BCUT2D eigenvalue weighted by Crippen LogP contribution is 2.16. The van der Waals surface area contributed by atoms with Gasteiger partial charge in [0.1, 0.15) is 84.6 Å². The van der Waals surface area contributed by atoms with Crippen molar-refractivity contribution in [2.75, 3.05) is 32.8 Å². The standard InChI is InChI=1S/C77H131N25O31/c1-36(2)31-49(71(128)97-46(18-24-58(112)113)68(125)90-39(11-5-7-27-78)62(119)94-47(19-25-59(114)115)70(127)101-51(34-54(82)105)73(130)92-41(13-9-29-87-76(83)84)63(120)98-48(75(132)133)20-26-60(116)117)100-72(129)50(32-37(3)4)99-64(121)42(14-10-30-88-77(85)86)93-74(131)52(35-103)102-65(122)40(12-6-8-28-79)91-67(124)44(16-22-56(108)109)96-69(126)45(17-23-57(110)111)95-66(123)43(15-21-55(106)107)89-61(118)38(80)33-53(81)104/h36-52,103H,5-35,78-80H2,1-4H3,(H2,81,104)(H2,82,105)(H,89,118)(H,90,125)(H,91,124)(H,92,130)(H,93,131)(H,94,119)(H,95,123)(H,96,126)(H,97,128)(H,98,120)(H,99,121)(H,100,129)(H,101,127)(H,102,122)(H,106,107)(H,108,109)(H,110,111)(H,112,113)(H,114,115)(H,116,117)(H,132,133)(H4,83,84,87)(H4,85,86,88)/t38-,39-,40-,41-,42-,43-,44-,45-,46-,47-,48-,49-,50-,51-,52-/m0/s1. The molecule has 15 atom stereocenters. The number of hydrogen-bond donors (Lipinski definition) is 33. The van der Waals surface area contributed by atoms with E-state index in [2.05, 4.69) is 85.1 Å². The smallest absolute Gasteiger partial charge is 0.326 e. The molecule has 0 aromatic carbocycles. The number of unbranched alkanes of at least 4 members (excludes halogenated alkanes) is 2. The zero-order chi connectivity index (χ0) is 101. The van der Waals surface area contributed by atoms with Crippen molar-refractivity contribution in [3.63, 3.8) is 0 Å². The molecule has 0 unspecified atom stereocenters. The molecule has 16 amide bonds. The van der Waals surface area contributed by atoms with Gasteiger partial charge in [-0.1, -0.05) is 27.7 Å². The molecule has 0 bridgehead atoms. The van der Waals surface area contributed by atoms with Crippen LogP contribution in [0.5, 0.6) is 0 Å². The predicted molar refractivity (Wildman–Crippen MR) is 462 cm³/mol. The lowest BCUT2D eigenvalue weighted by Crippen LogP contribution is -2.61. The summed E-state index contributed by atoms with van der Waals surface area (Å²) in [5.74, 6) is -32.5. The van der Waals surface area contributed by atoms with Gasteiger partial charge in [-0.15, -0.1) is 0 Å². The van der Waals surface area contributed by atoms with E-state index in [1.165, 1.54) is 0 Å². The summed E-state index contributed by atoms with van der Waals surface area (Å²) in [4.78, 5) is 305. The van der Waals surface area contributed by atoms with E-state index < -0.39 is 347 Å². The number of carbonyl (C=O) groups excluding carboxylic acids is 16. The number of guanidine groups is 2. The SMILES string of the molecule is CC(C)C[C@H](NC(=O)[C@H](CC(C)C)NC(=O)[C@H](CCCNC(=N)N)NC(=O)[C@H](CO)NC(=O)[C@H](CCCCN)NC(=O)[C@H](CCC(=O)O)NC(=O)[C@H](CCC(=O)O)NC(=O)[C@H](CCC(=O)O)NC(=O)[C@@H](N)CC(N)=O)C(=O)N[C@@H](CCC(=O)O)C(=O)N[C@@H](CCCCN)C(=O)N[C@@H](CCC(=O)O)C(=O)N[C@@H](CC(N)=O)C(=O)N[C@@H](CCCNC(=N)N)C(=O)N[C@@H](CCC(=O)O)C(=O)O. The minimum Gasteiger partial charge on any atom is -0.481 e. The van der Waals surface area contributed by atoms with Crippen LogP contribution >= 0.6 is 0 Å². The van der Waals surface area contributed by atoms with Gasteiger partial charge in [0.25, 0.3) is 0 Å². The third-order valence-electron chi connectivity index (χ3n) is 19.3. The minimum absolute atomic E-state index is 0.00362. The first kappa shape index (κ1) is 119. The molecule has 0 aromatic heterocycles. The first-order valence-electron chi connectivity index (χ1n) is 42.5. The molecule has 0 radical (unpaired) electrons. The molecule has 56 nitrogen and oxygen atoms in total. The molecule has 0 spiro atoms. The van der Waals surface area contributed by atoms with Crippen molar-refractivity contribution in [1.29, 1.82) is 10.8 Å². The Hall–Kier alpha value is -13.8. The molecule has 0 aromatic rings. The second kappa shape index (κ2) is 64.1. The van der Waals surface area contributed by atoms with Crippen molar-refractivity contribution >= 4 is 148 Å². The number of carbonyl (C=O) groups is 23. The molecule has 0 saturated carbocycles. The van der Waals surface area contributed by atoms with Crippen LogP contribution in [0.15, 0.2) is 0 Å². The number of carboxylic acid groups (broad SMARTS) is 7. The van der Waals surface area contributed by atoms with Gasteiger partial charge in [0.2, 0.25) is 94.5 Å². The molecular weight excluding hydrogens is 1770 g/mol. The fourth-order valence-corrected chi connectivity index (χ4v) is 12.5. The van der Waals surface area contributed by atoms with Crippen molar-refractivity contribution in [2.45, 2.75) is 285 Å². The first-order valence-corrected chi connectivity index (χ1v) is 42.5. The second-order valence-electron chi connectivity index (χ2n) is 31.7. The van der Waals surface area contributed by atoms with Gasteiger partial charge in [-0.2, -0.15) is 0 Å². The van der Waals surface area contributed by atoms with E-state index in [1.807, 2.05) is 0 Å². The number of aliphatic hydroxyl groups excluding tert-OH is 1. The van der Waals surface area contributed by atoms with Crippen LogP contribution in [0.3, 0.4) is 0 Å². The Bertz CT molecular complexity index is 4030. The van der Waals surface area contributed by atoms with Crippen molar-refractivity contribution in [1.82, 2.24) is 85.1 Å². The minimum atomic E-state index is -2.06. The van der Waals surface area contributed by atoms with Crippen LogP contribution in [0, 0.1) is 22.7 Å². The Morgan fingerprint density at radius 1 is 0.263 bits per heavy atom. The molecule has 0 saturated heterocycles. The first-order chi connectivity index (χ1) is 62.2. The third kappa shape index (κ3) is 52.6. The van der Waals surface area contributed by atoms with E-state index in [0.717, 1.165) is 0 Å². The number of hydrogen-bond acceptors (Lipinski definition) is 29. The lowest BCUT2D eigenvalue weighted by atomic mass is 9.99. The monoisotopic (exact) mass is 1900 g/mol. The van der Waals surface area contributed by atoms with Gasteiger partial charge in [0.05, 0.1) is 25.5 Å². The van der Waals surface area contributed by atoms with E-state index in [4.69, 9.17) is 56.1 Å². The van der Waals surface area contributed by atoms with Gasteiger partial charge in [-0.05, 0) is 141 Å². The zero-order valence-corrected chi connectivity index (χ0v) is 74.2. The second-order valence-corrected chi connectivity index (χ2v) is 31.7. The summed E-state index contributed by atoms with van der Waals surface area (Å²) in [5, 5.41) is 130. The third-order valence-corrected chi connectivity index (χ3v) is 19.3. The van der Waals surface area contributed by atoms with Crippen LogP contribution in [0.25, 0.3) is 0 Å². The van der Waals surface area contributed by atoms with Crippen LogP contribution in [0.1, 0.15) is 195 Å². The maximum Gasteiger partial charge on any atom is 0.326 e. The molecule has 40 N–H and O–H groups in total. The van der Waals surface area contributed by atoms with E-state index in [-0.39, 0.29) is 103 Å². The summed E-state index contributed by atoms with van der Waals surface area (Å²) >= 11 is 0. The van der Waals surface area contributed by atoms with Crippen molar-refractivity contribution in [3.05, 3.63) is 0 Å². The van der Waals surface area contributed by atoms with E-state index in [0.29, 0.717) is 0 Å². The number of nitrogens with two attached hydrogens (primary N) is 7. The lowest BCUT2D eigenvalue weighted by Gasteiger charge is -2.29. The molecule has 0 fully saturated rings. The molecule has 0 rings (SSSR count). The van der Waals surface area contributed by atoms with Gasteiger partial charge in [0, 0.05) is 51.6 Å². The Morgan fingerprint density at radius 2 is 0.466 bits per heavy atom. The number of primary amides is 2. The average molecular weight is 1900 g/mol. The summed E-state index contributed by atoms with van der Waals surface area (Å²) in [5.41, 5.74) is 38.6.